The lowest BCUT2D eigenvalue weighted by Crippen LogP contribution is -1.99. The van der Waals surface area contributed by atoms with Crippen LogP contribution >= 0.6 is 39.7 Å². The normalized spacial score (nSPS) is 9.85. The van der Waals surface area contributed by atoms with E-state index < -0.39 is 0 Å². The van der Waals surface area contributed by atoms with E-state index in [9.17, 15) is 4.39 Å². The Morgan fingerprint density at radius 2 is 2.23 bits per heavy atom. The highest BCUT2D eigenvalue weighted by Gasteiger charge is 2.08. The number of rotatable bonds is 1. The second-order valence-electron chi connectivity index (χ2n) is 2.37. The molecule has 13 heavy (non-hydrogen) atoms. The van der Waals surface area contributed by atoms with Gasteiger partial charge in [-0.1, -0.05) is 0 Å². The molecule has 0 aliphatic carbocycles. The van der Waals surface area contributed by atoms with E-state index in [0.29, 0.717) is 15.8 Å². The predicted molar refractivity (Wildman–Crippen MR) is 57.9 cm³/mol. The molecule has 1 nitrogen and oxygen atoms in total. The smallest absolute Gasteiger partial charge is 0.260 e. The maximum absolute atomic E-state index is 12.8. The van der Waals surface area contributed by atoms with Gasteiger partial charge in [0.2, 0.25) is 0 Å². The van der Waals surface area contributed by atoms with Crippen LogP contribution in [0.5, 0.6) is 5.75 Å². The first kappa shape index (κ1) is 10.9. The van der Waals surface area contributed by atoms with Crippen molar-refractivity contribution >= 4 is 44.3 Å². The maximum Gasteiger partial charge on any atom is 0.260 e. The average molecular weight is 284 g/mol. The van der Waals surface area contributed by atoms with Gasteiger partial charge in [-0.05, 0) is 64.4 Å². The summed E-state index contributed by atoms with van der Waals surface area (Å²) in [5.74, 6) is 0.110. The molecule has 0 fully saturated rings. The predicted octanol–water partition coefficient (Wildman–Crippen LogP) is 3.80. The summed E-state index contributed by atoms with van der Waals surface area (Å²) in [7, 11) is 0. The van der Waals surface area contributed by atoms with Crippen molar-refractivity contribution in [3.63, 3.8) is 0 Å². The van der Waals surface area contributed by atoms with Gasteiger partial charge in [-0.3, -0.25) is 0 Å². The van der Waals surface area contributed by atoms with Crippen LogP contribution in [0.3, 0.4) is 0 Å². The van der Waals surface area contributed by atoms with Gasteiger partial charge in [-0.2, -0.15) is 0 Å². The monoisotopic (exact) mass is 282 g/mol. The number of ether oxygens (including phenoxy) is 1. The maximum atomic E-state index is 12.8. The minimum atomic E-state index is -0.336. The van der Waals surface area contributed by atoms with Crippen LogP contribution < -0.4 is 4.74 Å². The van der Waals surface area contributed by atoms with Gasteiger partial charge in [-0.25, -0.2) is 4.39 Å². The lowest BCUT2D eigenvalue weighted by molar-refractivity contribution is 0.560. The molecule has 0 radical (unpaired) electrons. The van der Waals surface area contributed by atoms with Gasteiger partial charge in [0.1, 0.15) is 11.6 Å². The summed E-state index contributed by atoms with van der Waals surface area (Å²) in [6.07, 6.45) is 0. The minimum Gasteiger partial charge on any atom is -0.434 e. The van der Waals surface area contributed by atoms with Gasteiger partial charge in [0.25, 0.3) is 4.51 Å². The Bertz CT molecular complexity index is 333. The average Bonchev–Trinajstić information content (AvgIpc) is 1.96. The molecule has 70 valence electrons. The fourth-order valence-corrected chi connectivity index (χ4v) is 1.67. The summed E-state index contributed by atoms with van der Waals surface area (Å²) in [6, 6.07) is 2.63. The van der Waals surface area contributed by atoms with Crippen molar-refractivity contribution in [2.24, 2.45) is 0 Å². The standard InChI is InChI=1S/C8H5BrClFOS/c1-4-2-5(11)3-6(9)7(4)12-8(10)13/h2-3H,1H3. The molecule has 0 saturated carbocycles. The number of hydrogen-bond acceptors (Lipinski definition) is 2. The molecule has 0 aromatic heterocycles. The quantitative estimate of drug-likeness (QED) is 0.573. The van der Waals surface area contributed by atoms with Crippen molar-refractivity contribution < 1.29 is 9.13 Å². The first-order chi connectivity index (χ1) is 6.00. The van der Waals surface area contributed by atoms with Crippen LogP contribution in [0.4, 0.5) is 4.39 Å². The second kappa shape index (κ2) is 4.35. The third kappa shape index (κ3) is 2.90. The van der Waals surface area contributed by atoms with Gasteiger partial charge >= 0.3 is 0 Å². The van der Waals surface area contributed by atoms with Gasteiger partial charge < -0.3 is 4.74 Å². The van der Waals surface area contributed by atoms with Crippen molar-refractivity contribution in [3.05, 3.63) is 28.0 Å². The third-order valence-electron chi connectivity index (χ3n) is 1.38. The SMILES string of the molecule is Cc1cc(F)cc(Br)c1OC(=S)Cl. The third-order valence-corrected chi connectivity index (χ3v) is 2.13. The van der Waals surface area contributed by atoms with Crippen LogP contribution in [0.25, 0.3) is 0 Å². The highest BCUT2D eigenvalue weighted by atomic mass is 79.9. The van der Waals surface area contributed by atoms with Crippen LogP contribution in [-0.2, 0) is 0 Å². The molecule has 1 aromatic rings. The van der Waals surface area contributed by atoms with Crippen molar-refractivity contribution in [1.29, 1.82) is 0 Å². The van der Waals surface area contributed by atoms with Crippen LogP contribution in [0.1, 0.15) is 5.56 Å². The van der Waals surface area contributed by atoms with Gasteiger partial charge in [0.15, 0.2) is 0 Å². The molecule has 0 atom stereocenters. The van der Waals surface area contributed by atoms with E-state index in [4.69, 9.17) is 16.3 Å². The summed E-state index contributed by atoms with van der Waals surface area (Å²) >= 11 is 13.1. The van der Waals surface area contributed by atoms with E-state index >= 15 is 0 Å². The molecule has 0 N–H and O–H groups in total. The van der Waals surface area contributed by atoms with Crippen molar-refractivity contribution in [3.8, 4) is 5.75 Å². The van der Waals surface area contributed by atoms with Gasteiger partial charge in [0.05, 0.1) is 4.47 Å². The lowest BCUT2D eigenvalue weighted by Gasteiger charge is -2.07. The molecule has 0 saturated heterocycles. The summed E-state index contributed by atoms with van der Waals surface area (Å²) in [6.45, 7) is 1.71. The Kier molecular flexibility index (Phi) is 3.64. The topological polar surface area (TPSA) is 9.23 Å². The summed E-state index contributed by atoms with van der Waals surface area (Å²) in [5.41, 5.74) is 0.634. The molecular formula is C8H5BrClFOS. The zero-order chi connectivity index (χ0) is 10.0. The molecule has 0 aliphatic rings. The summed E-state index contributed by atoms with van der Waals surface area (Å²) < 4.78 is 18.2. The number of halogens is 3. The van der Waals surface area contributed by atoms with E-state index in [1.807, 2.05) is 0 Å². The van der Waals surface area contributed by atoms with Crippen molar-refractivity contribution in [2.75, 3.05) is 0 Å². The van der Waals surface area contributed by atoms with E-state index in [2.05, 4.69) is 28.1 Å². The van der Waals surface area contributed by atoms with Crippen molar-refractivity contribution in [2.45, 2.75) is 6.92 Å². The highest BCUT2D eigenvalue weighted by molar-refractivity contribution is 9.10. The second-order valence-corrected chi connectivity index (χ2v) is 4.17. The van der Waals surface area contributed by atoms with Crippen LogP contribution in [0.15, 0.2) is 16.6 Å². The molecule has 0 bridgehead atoms. The van der Waals surface area contributed by atoms with E-state index in [1.165, 1.54) is 12.1 Å². The molecule has 0 aliphatic heterocycles. The van der Waals surface area contributed by atoms with Crippen LogP contribution in [-0.4, -0.2) is 4.51 Å². The Hall–Kier alpha value is -0.190. The number of benzene rings is 1. The minimum absolute atomic E-state index is 0.115. The largest absolute Gasteiger partial charge is 0.434 e. The van der Waals surface area contributed by atoms with Crippen LogP contribution in [0, 0.1) is 12.7 Å². The molecule has 5 heteroatoms. The molecule has 0 spiro atoms. The first-order valence-corrected chi connectivity index (χ1v) is 4.91. The zero-order valence-electron chi connectivity index (χ0n) is 6.61. The number of thiocarbonyl (C=S) groups is 1. The molecule has 0 amide bonds. The molecule has 1 rings (SSSR count). The van der Waals surface area contributed by atoms with Gasteiger partial charge in [-0.15, -0.1) is 0 Å². The number of aryl methyl sites for hydroxylation is 1. The first-order valence-electron chi connectivity index (χ1n) is 3.33. The van der Waals surface area contributed by atoms with Gasteiger partial charge in [0, 0.05) is 0 Å². The molecule has 0 heterocycles. The lowest BCUT2D eigenvalue weighted by atomic mass is 10.2. The zero-order valence-corrected chi connectivity index (χ0v) is 9.76. The summed E-state index contributed by atoms with van der Waals surface area (Å²) in [4.78, 5) is 0. The Labute approximate surface area is 94.0 Å². The highest BCUT2D eigenvalue weighted by Crippen LogP contribution is 2.30. The van der Waals surface area contributed by atoms with E-state index in [0.717, 1.165) is 0 Å². The molecule has 0 unspecified atom stereocenters. The Balaban J connectivity index is 3.13. The fraction of sp³-hybridized carbons (Fsp3) is 0.125. The molecular weight excluding hydrogens is 279 g/mol. The number of hydrogen-bond donors (Lipinski definition) is 0. The van der Waals surface area contributed by atoms with Crippen LogP contribution in [0.2, 0.25) is 0 Å². The van der Waals surface area contributed by atoms with Crippen molar-refractivity contribution in [1.82, 2.24) is 0 Å². The van der Waals surface area contributed by atoms with E-state index in [-0.39, 0.29) is 10.3 Å². The molecule has 1 aromatic carbocycles. The van der Waals surface area contributed by atoms with E-state index in [1.54, 1.807) is 6.92 Å². The summed E-state index contributed by atoms with van der Waals surface area (Å²) in [5, 5.41) is 0. The Morgan fingerprint density at radius 1 is 1.62 bits per heavy atom. The fourth-order valence-electron chi connectivity index (χ4n) is 0.898. The Morgan fingerprint density at radius 3 is 2.69 bits per heavy atom.